The molecule has 4 aliphatic heterocycles. The summed E-state index contributed by atoms with van der Waals surface area (Å²) in [4.78, 5) is 54.0. The van der Waals surface area contributed by atoms with Gasteiger partial charge >= 0.3 is 23.9 Å². The lowest BCUT2D eigenvalue weighted by Crippen LogP contribution is -2.73. The van der Waals surface area contributed by atoms with E-state index in [1.165, 1.54) is 26.8 Å². The number of carboxylic acid groups (broad SMARTS) is 1. The van der Waals surface area contributed by atoms with Crippen molar-refractivity contribution >= 4 is 30.0 Å². The van der Waals surface area contributed by atoms with E-state index in [2.05, 4.69) is 26.8 Å². The molecule has 30 atom stereocenters. The summed E-state index contributed by atoms with van der Waals surface area (Å²) in [5.41, 5.74) is -3.16. The smallest absolute Gasteiger partial charge is 0.335 e. The summed E-state index contributed by atoms with van der Waals surface area (Å²) < 4.78 is 68.2. The zero-order valence-electron chi connectivity index (χ0n) is 54.2. The van der Waals surface area contributed by atoms with Gasteiger partial charge in [0.1, 0.15) is 91.6 Å². The molecule has 1 aromatic rings. The molecule has 1 aromatic carbocycles. The minimum Gasteiger partial charge on any atom is -0.479 e. The number of esters is 3. The molecule has 522 valence electrons. The lowest BCUT2D eigenvalue weighted by atomic mass is 9.33. The van der Waals surface area contributed by atoms with Crippen LogP contribution in [0.25, 0.3) is 6.08 Å². The number of aliphatic hydroxyl groups is 11. The first-order valence-electron chi connectivity index (χ1n) is 32.4. The van der Waals surface area contributed by atoms with Crippen LogP contribution in [0.3, 0.4) is 0 Å². The van der Waals surface area contributed by atoms with Crippen molar-refractivity contribution in [3.63, 3.8) is 0 Å². The third-order valence-corrected chi connectivity index (χ3v) is 23.3. The van der Waals surface area contributed by atoms with E-state index in [4.69, 9.17) is 52.1 Å². The Labute approximate surface area is 539 Å². The first kappa shape index (κ1) is 71.6. The lowest BCUT2D eigenvalue weighted by Gasteiger charge is -2.72. The fourth-order valence-electron chi connectivity index (χ4n) is 18.2. The first-order chi connectivity index (χ1) is 43.6. The van der Waals surface area contributed by atoms with E-state index in [0.717, 1.165) is 11.1 Å². The highest BCUT2D eigenvalue weighted by Gasteiger charge is 2.75. The Balaban J connectivity index is 0.980. The Morgan fingerprint density at radius 1 is 0.624 bits per heavy atom. The summed E-state index contributed by atoms with van der Waals surface area (Å²) in [5.74, 6) is -4.47. The number of aliphatic carboxylic acids is 1. The van der Waals surface area contributed by atoms with Gasteiger partial charge in [-0.15, -0.1) is 0 Å². The Bertz CT molecular complexity index is 2910. The molecule has 10 rings (SSSR count). The number of hydrogen-bond donors (Lipinski definition) is 12. The molecule has 4 saturated heterocycles. The Morgan fingerprint density at radius 3 is 1.89 bits per heavy atom. The van der Waals surface area contributed by atoms with Gasteiger partial charge in [-0.25, -0.2) is 9.59 Å². The maximum absolute atomic E-state index is 14.1. The highest BCUT2D eigenvalue weighted by molar-refractivity contribution is 5.87. The normalized spacial score (nSPS) is 47.7. The maximum atomic E-state index is 14.1. The summed E-state index contributed by atoms with van der Waals surface area (Å²) in [6.07, 6.45) is -31.1. The minimum absolute atomic E-state index is 0.0619. The molecule has 0 radical (unpaired) electrons. The Kier molecular flexibility index (Phi) is 20.7. The van der Waals surface area contributed by atoms with Gasteiger partial charge in [-0.2, -0.15) is 0 Å². The number of aliphatic hydroxyl groups excluding tert-OH is 11. The summed E-state index contributed by atoms with van der Waals surface area (Å²) in [6, 6.07) is 9.13. The molecule has 9 aliphatic rings. The standard InChI is InChI=1S/C66H96O27/c1-29-42(73)45(76)47(78)57(84-29)92-52-43(74)35(71)27-83-59(52)90-50-49(80)51(56(81)82)91-60(53(50)93-58-48(79)46(77)44(75)36(26-67)87-58)88-39-21-22-63(8)37(62(39,6)7)20-23-64(9)38(63)18-17-33-34-24-61(4,5)54(86-31(3)70)55(89-41(72)19-16-32-14-12-11-13-15-32)66(34,28-68)40(85-30(2)69)25-65(33,64)10/h11-17,19,29,34-40,42-55,57-60,67-68,71,73-80H,18,20-28H2,1-10H3,(H,81,82)/b19-16+/t29-,34-,35-,36+,37-,38+,39-,40+,42-,43-,44-,45+,46-,47+,48+,49-,50-,51-,52+,53+,54-,55-,57?,58+,59-,60+,63-,64+,65+,66-/m0/s1. The van der Waals surface area contributed by atoms with Gasteiger partial charge in [0.05, 0.1) is 37.4 Å². The maximum Gasteiger partial charge on any atom is 0.335 e. The van der Waals surface area contributed by atoms with Crippen LogP contribution in [-0.2, 0) is 71.3 Å². The van der Waals surface area contributed by atoms with Crippen molar-refractivity contribution < 1.29 is 133 Å². The first-order valence-corrected chi connectivity index (χ1v) is 32.4. The predicted octanol–water partition coefficient (Wildman–Crippen LogP) is 0.515. The van der Waals surface area contributed by atoms with Crippen LogP contribution in [0.15, 0.2) is 48.1 Å². The second kappa shape index (κ2) is 26.9. The van der Waals surface area contributed by atoms with E-state index >= 15 is 0 Å². The number of allylic oxidation sites excluding steroid dienone is 2. The van der Waals surface area contributed by atoms with E-state index < -0.39 is 223 Å². The molecule has 0 aromatic heterocycles. The number of benzene rings is 1. The van der Waals surface area contributed by atoms with Crippen molar-refractivity contribution in [2.45, 2.75) is 255 Å². The van der Waals surface area contributed by atoms with Gasteiger partial charge in [0, 0.05) is 25.3 Å². The van der Waals surface area contributed by atoms with Gasteiger partial charge in [0.2, 0.25) is 0 Å². The predicted molar refractivity (Wildman–Crippen MR) is 318 cm³/mol. The van der Waals surface area contributed by atoms with Gasteiger partial charge in [-0.3, -0.25) is 9.59 Å². The Morgan fingerprint density at radius 2 is 1.26 bits per heavy atom. The number of carbonyl (C=O) groups excluding carboxylic acids is 3. The molecule has 27 heteroatoms. The fraction of sp³-hybridized carbons (Fsp3) is 0.788. The molecule has 0 bridgehead atoms. The number of fused-ring (bicyclic) bond motifs is 7. The van der Waals surface area contributed by atoms with Gasteiger partial charge in [-0.1, -0.05) is 90.4 Å². The van der Waals surface area contributed by atoms with Crippen molar-refractivity contribution in [3.8, 4) is 0 Å². The quantitative estimate of drug-likeness (QED) is 0.0353. The molecule has 8 fully saturated rings. The third-order valence-electron chi connectivity index (χ3n) is 23.3. The molecule has 4 heterocycles. The third kappa shape index (κ3) is 12.6. The van der Waals surface area contributed by atoms with Crippen LogP contribution in [-0.4, -0.2) is 246 Å². The van der Waals surface area contributed by atoms with Crippen molar-refractivity contribution in [2.24, 2.45) is 50.2 Å². The van der Waals surface area contributed by atoms with Gasteiger partial charge in [0.25, 0.3) is 0 Å². The fourth-order valence-corrected chi connectivity index (χ4v) is 18.2. The Hall–Kier alpha value is -4.18. The molecular weight excluding hydrogens is 1220 g/mol. The molecule has 5 aliphatic carbocycles. The van der Waals surface area contributed by atoms with E-state index in [-0.39, 0.29) is 18.3 Å². The largest absolute Gasteiger partial charge is 0.479 e. The van der Waals surface area contributed by atoms with Crippen LogP contribution in [0.5, 0.6) is 0 Å². The molecule has 1 unspecified atom stereocenters. The topological polar surface area (TPSA) is 413 Å². The number of ether oxygens (including phenoxy) is 11. The van der Waals surface area contributed by atoms with Gasteiger partial charge < -0.3 is 113 Å². The minimum atomic E-state index is -2.23. The second-order valence-electron chi connectivity index (χ2n) is 29.4. The van der Waals surface area contributed by atoms with Crippen LogP contribution in [0.4, 0.5) is 0 Å². The summed E-state index contributed by atoms with van der Waals surface area (Å²) in [6.45, 7) is 16.5. The zero-order valence-corrected chi connectivity index (χ0v) is 54.2. The SMILES string of the molecule is CC(=O)O[C@H]1[C@H](OC(=O)/C=C/c2ccccc2)[C@]2(CO)[C@H](OC(C)=O)C[C@]3(C)C(=CC[C@@H]4[C@@]5(C)CC[C@H](O[C@@H]6O[C@H](C(=O)O)[C@@H](O)[C@H](O[C@@H]7OC[C@H](O)[C@H](O)[C@H]7OC7O[C@@H](C)[C@H](O)[C@@H](O)[C@H]7O)[C@H]6O[C@H]6O[C@H](CO)[C@H](O)[C@H](O)[C@H]6O)C(C)(C)[C@@H]5CC[C@]43C)[C@@H]2CC1(C)C. The summed E-state index contributed by atoms with van der Waals surface area (Å²) >= 11 is 0. The van der Waals surface area contributed by atoms with Crippen molar-refractivity contribution in [1.82, 2.24) is 0 Å². The van der Waals surface area contributed by atoms with Crippen LogP contribution >= 0.6 is 0 Å². The van der Waals surface area contributed by atoms with E-state index in [9.17, 15) is 80.5 Å². The van der Waals surface area contributed by atoms with E-state index in [0.29, 0.717) is 38.5 Å². The van der Waals surface area contributed by atoms with Crippen LogP contribution in [0.1, 0.15) is 120 Å². The molecule has 12 N–H and O–H groups in total. The van der Waals surface area contributed by atoms with Crippen molar-refractivity contribution in [1.29, 1.82) is 0 Å². The van der Waals surface area contributed by atoms with Crippen molar-refractivity contribution in [2.75, 3.05) is 19.8 Å². The molecule has 4 saturated carbocycles. The van der Waals surface area contributed by atoms with Gasteiger partial charge in [-0.05, 0) is 103 Å². The summed E-state index contributed by atoms with van der Waals surface area (Å²) in [5, 5.41) is 133. The number of carboxylic acids is 1. The van der Waals surface area contributed by atoms with Crippen LogP contribution < -0.4 is 0 Å². The molecular formula is C66H96O27. The monoisotopic (exact) mass is 1320 g/mol. The highest BCUT2D eigenvalue weighted by atomic mass is 16.8. The van der Waals surface area contributed by atoms with Crippen molar-refractivity contribution in [3.05, 3.63) is 53.6 Å². The van der Waals surface area contributed by atoms with Crippen LogP contribution in [0, 0.1) is 50.2 Å². The number of carbonyl (C=O) groups is 4. The average molecular weight is 1320 g/mol. The second-order valence-corrected chi connectivity index (χ2v) is 29.4. The van der Waals surface area contributed by atoms with E-state index in [1.54, 1.807) is 6.08 Å². The molecule has 0 amide bonds. The van der Waals surface area contributed by atoms with E-state index in [1.807, 2.05) is 58.0 Å². The average Bonchev–Trinajstić information content (AvgIpc) is 0.668. The number of hydrogen-bond acceptors (Lipinski definition) is 26. The van der Waals surface area contributed by atoms with Crippen LogP contribution in [0.2, 0.25) is 0 Å². The lowest BCUT2D eigenvalue weighted by molar-refractivity contribution is -0.400. The zero-order chi connectivity index (χ0) is 68.0. The molecule has 0 spiro atoms. The highest BCUT2D eigenvalue weighted by Crippen LogP contribution is 2.76. The summed E-state index contributed by atoms with van der Waals surface area (Å²) in [7, 11) is 0. The molecule has 27 nitrogen and oxygen atoms in total. The van der Waals surface area contributed by atoms with Gasteiger partial charge in [0.15, 0.2) is 37.4 Å². The number of rotatable bonds is 16. The molecule has 93 heavy (non-hydrogen) atoms.